The maximum atomic E-state index is 12.2. The largest absolute Gasteiger partial charge is 0.368 e. The van der Waals surface area contributed by atoms with Crippen molar-refractivity contribution in [3.63, 3.8) is 0 Å². The molecule has 0 aliphatic carbocycles. The van der Waals surface area contributed by atoms with E-state index in [1.54, 1.807) is 4.90 Å². The third-order valence-electron chi connectivity index (χ3n) is 6.81. The van der Waals surface area contributed by atoms with Crippen LogP contribution in [-0.4, -0.2) is 46.7 Å². The number of ether oxygens (including phenoxy) is 1. The molecule has 3 aromatic rings. The number of fused-ring (bicyclic) bond motifs is 2. The highest BCUT2D eigenvalue weighted by Gasteiger charge is 2.34. The molecule has 33 heavy (non-hydrogen) atoms. The van der Waals surface area contributed by atoms with E-state index in [-0.39, 0.29) is 24.5 Å². The van der Waals surface area contributed by atoms with E-state index in [9.17, 15) is 10.1 Å². The van der Waals surface area contributed by atoms with Crippen molar-refractivity contribution in [1.82, 2.24) is 15.1 Å². The molecule has 1 N–H and O–H groups in total. The number of H-pyrrole nitrogens is 1. The lowest BCUT2D eigenvalue weighted by Crippen LogP contribution is -2.55. The zero-order valence-corrected chi connectivity index (χ0v) is 18.8. The summed E-state index contributed by atoms with van der Waals surface area (Å²) in [5, 5.41) is 19.6. The molecule has 0 bridgehead atoms. The number of anilines is 1. The third kappa shape index (κ3) is 3.77. The fourth-order valence-corrected chi connectivity index (χ4v) is 5.17. The normalized spacial score (nSPS) is 20.4. The van der Waals surface area contributed by atoms with Crippen molar-refractivity contribution in [3.05, 3.63) is 71.4 Å². The molecular formula is C26H27N5O2. The maximum absolute atomic E-state index is 12.2. The van der Waals surface area contributed by atoms with Gasteiger partial charge in [0.25, 0.3) is 0 Å². The minimum absolute atomic E-state index is 0.0380. The predicted octanol–water partition coefficient (Wildman–Crippen LogP) is 3.80. The van der Waals surface area contributed by atoms with Crippen molar-refractivity contribution in [2.24, 2.45) is 0 Å². The molecule has 1 saturated heterocycles. The summed E-state index contributed by atoms with van der Waals surface area (Å²) >= 11 is 0. The summed E-state index contributed by atoms with van der Waals surface area (Å²) < 4.78 is 6.38. The van der Waals surface area contributed by atoms with Gasteiger partial charge in [-0.15, -0.1) is 0 Å². The van der Waals surface area contributed by atoms with E-state index in [0.717, 1.165) is 23.5 Å². The monoisotopic (exact) mass is 441 g/mol. The topological polar surface area (TPSA) is 85.2 Å². The molecule has 1 aromatic heterocycles. The standard InChI is InChI=1S/C26H27N5O2/c1-3-24(32)31-13-12-30(15-19(31)10-11-27)26-21-16-33-23(14-22(21)28-29-26)20-9-5-8-18-7-4-6-17(2)25(18)20/h3-9,19,23H,1,10,12-16H2,2H3,(H,28,29)/t19-,23?/m0/s1. The number of carbonyl (C=O) groups excluding carboxylic acids is 1. The van der Waals surface area contributed by atoms with Crippen LogP contribution in [0, 0.1) is 18.3 Å². The van der Waals surface area contributed by atoms with E-state index in [2.05, 4.69) is 71.1 Å². The van der Waals surface area contributed by atoms with Crippen LogP contribution in [0.15, 0.2) is 49.1 Å². The molecule has 1 unspecified atom stereocenters. The molecule has 0 radical (unpaired) electrons. The van der Waals surface area contributed by atoms with Crippen molar-refractivity contribution in [2.45, 2.75) is 38.5 Å². The Morgan fingerprint density at radius 1 is 1.33 bits per heavy atom. The first kappa shape index (κ1) is 21.2. The van der Waals surface area contributed by atoms with E-state index in [4.69, 9.17) is 4.74 Å². The first-order chi connectivity index (χ1) is 16.1. The second kappa shape index (κ2) is 8.72. The molecule has 0 saturated carbocycles. The summed E-state index contributed by atoms with van der Waals surface area (Å²) in [6, 6.07) is 14.8. The Hall–Kier alpha value is -3.63. The predicted molar refractivity (Wildman–Crippen MR) is 127 cm³/mol. The second-order valence-corrected chi connectivity index (χ2v) is 8.73. The number of aromatic amines is 1. The van der Waals surface area contributed by atoms with E-state index in [1.807, 2.05) is 0 Å². The van der Waals surface area contributed by atoms with Gasteiger partial charge >= 0.3 is 0 Å². The van der Waals surface area contributed by atoms with Crippen LogP contribution in [-0.2, 0) is 22.6 Å². The van der Waals surface area contributed by atoms with E-state index >= 15 is 0 Å². The zero-order valence-electron chi connectivity index (χ0n) is 18.8. The Balaban J connectivity index is 1.39. The van der Waals surface area contributed by atoms with Crippen LogP contribution in [0.25, 0.3) is 10.8 Å². The first-order valence-corrected chi connectivity index (χ1v) is 11.3. The van der Waals surface area contributed by atoms with Gasteiger partial charge in [-0.05, 0) is 34.9 Å². The number of rotatable bonds is 4. The average Bonchev–Trinajstić information content (AvgIpc) is 3.27. The number of nitrogens with zero attached hydrogens (tertiary/aromatic N) is 4. The second-order valence-electron chi connectivity index (χ2n) is 8.73. The summed E-state index contributed by atoms with van der Waals surface area (Å²) in [4.78, 5) is 16.1. The number of nitriles is 1. The molecule has 1 fully saturated rings. The van der Waals surface area contributed by atoms with Crippen molar-refractivity contribution in [2.75, 3.05) is 24.5 Å². The molecule has 2 aliphatic rings. The van der Waals surface area contributed by atoms with Crippen LogP contribution in [0.3, 0.4) is 0 Å². The van der Waals surface area contributed by atoms with Crippen LogP contribution >= 0.6 is 0 Å². The lowest BCUT2D eigenvalue weighted by molar-refractivity contribution is -0.128. The number of amides is 1. The number of piperazine rings is 1. The zero-order chi connectivity index (χ0) is 22.9. The Bertz CT molecular complexity index is 1250. The van der Waals surface area contributed by atoms with Crippen molar-refractivity contribution in [3.8, 4) is 6.07 Å². The highest BCUT2D eigenvalue weighted by atomic mass is 16.5. The number of benzene rings is 2. The van der Waals surface area contributed by atoms with E-state index < -0.39 is 0 Å². The van der Waals surface area contributed by atoms with Crippen LogP contribution in [0.1, 0.15) is 34.9 Å². The number of aryl methyl sites for hydroxylation is 1. The molecule has 5 rings (SSSR count). The third-order valence-corrected chi connectivity index (χ3v) is 6.81. The van der Waals surface area contributed by atoms with Gasteiger partial charge in [-0.3, -0.25) is 9.89 Å². The number of hydrogen-bond donors (Lipinski definition) is 1. The van der Waals surface area contributed by atoms with Gasteiger partial charge in [-0.1, -0.05) is 43.0 Å². The van der Waals surface area contributed by atoms with Gasteiger partial charge in [0, 0.05) is 37.3 Å². The molecule has 2 aliphatic heterocycles. The molecule has 7 heteroatoms. The molecule has 1 amide bonds. The van der Waals surface area contributed by atoms with Crippen LogP contribution in [0.2, 0.25) is 0 Å². The lowest BCUT2D eigenvalue weighted by Gasteiger charge is -2.40. The van der Waals surface area contributed by atoms with Gasteiger partial charge in [0.2, 0.25) is 5.91 Å². The van der Waals surface area contributed by atoms with Crippen molar-refractivity contribution in [1.29, 1.82) is 5.26 Å². The molecule has 7 nitrogen and oxygen atoms in total. The van der Waals surface area contributed by atoms with Crippen molar-refractivity contribution < 1.29 is 9.53 Å². The van der Waals surface area contributed by atoms with Crippen LogP contribution in [0.5, 0.6) is 0 Å². The van der Waals surface area contributed by atoms with Gasteiger partial charge in [-0.25, -0.2) is 0 Å². The van der Waals surface area contributed by atoms with Crippen molar-refractivity contribution >= 4 is 22.5 Å². The van der Waals surface area contributed by atoms with Gasteiger partial charge in [-0.2, -0.15) is 10.4 Å². The van der Waals surface area contributed by atoms with Gasteiger partial charge in [0.1, 0.15) is 0 Å². The summed E-state index contributed by atoms with van der Waals surface area (Å²) in [7, 11) is 0. The summed E-state index contributed by atoms with van der Waals surface area (Å²) in [6.07, 6.45) is 2.29. The number of nitrogens with one attached hydrogen (secondary N) is 1. The average molecular weight is 442 g/mol. The molecule has 3 heterocycles. The van der Waals surface area contributed by atoms with Gasteiger partial charge < -0.3 is 14.5 Å². The Kier molecular flexibility index (Phi) is 5.61. The lowest BCUT2D eigenvalue weighted by atomic mass is 9.93. The summed E-state index contributed by atoms with van der Waals surface area (Å²) in [5.41, 5.74) is 4.62. The highest BCUT2D eigenvalue weighted by molar-refractivity contribution is 5.89. The fraction of sp³-hybridized carbons (Fsp3) is 0.346. The summed E-state index contributed by atoms with van der Waals surface area (Å²) in [5.74, 6) is 0.738. The SMILES string of the molecule is C=CC(=O)N1CCN(c2n[nH]c3c2COC(c2cccc4cccc(C)c24)C3)C[C@@H]1CC#N. The van der Waals surface area contributed by atoms with Crippen LogP contribution < -0.4 is 4.90 Å². The molecule has 0 spiro atoms. The van der Waals surface area contributed by atoms with Crippen LogP contribution in [0.4, 0.5) is 5.82 Å². The highest BCUT2D eigenvalue weighted by Crippen LogP contribution is 2.38. The van der Waals surface area contributed by atoms with Gasteiger partial charge in [0.05, 0.1) is 31.2 Å². The Labute approximate surface area is 193 Å². The molecular weight excluding hydrogens is 414 g/mol. The quantitative estimate of drug-likeness (QED) is 0.623. The maximum Gasteiger partial charge on any atom is 0.246 e. The number of aromatic nitrogens is 2. The van der Waals surface area contributed by atoms with Gasteiger partial charge in [0.15, 0.2) is 5.82 Å². The summed E-state index contributed by atoms with van der Waals surface area (Å²) in [6.45, 7) is 7.97. The van der Waals surface area contributed by atoms with E-state index in [1.165, 1.54) is 28.0 Å². The van der Waals surface area contributed by atoms with E-state index in [0.29, 0.717) is 26.2 Å². The first-order valence-electron chi connectivity index (χ1n) is 11.3. The molecule has 2 atom stereocenters. The minimum Gasteiger partial charge on any atom is -0.368 e. The fourth-order valence-electron chi connectivity index (χ4n) is 5.17. The minimum atomic E-state index is -0.183. The molecule has 2 aromatic carbocycles. The Morgan fingerprint density at radius 3 is 2.94 bits per heavy atom. The Morgan fingerprint density at radius 2 is 2.15 bits per heavy atom. The smallest absolute Gasteiger partial charge is 0.246 e. The number of hydrogen-bond acceptors (Lipinski definition) is 5. The number of carbonyl (C=O) groups is 1. The molecule has 168 valence electrons.